The second kappa shape index (κ2) is 7.64. The molecule has 1 heterocycles. The maximum Gasteiger partial charge on any atom is 0.323 e. The highest BCUT2D eigenvalue weighted by molar-refractivity contribution is 6.30. The lowest BCUT2D eigenvalue weighted by Crippen LogP contribution is -2.53. The summed E-state index contributed by atoms with van der Waals surface area (Å²) in [5.74, 6) is -1.32. The molecule has 2 amide bonds. The minimum Gasteiger partial charge on any atom is -0.377 e. The van der Waals surface area contributed by atoms with E-state index in [-0.39, 0.29) is 30.0 Å². The van der Waals surface area contributed by atoms with E-state index in [1.165, 1.54) is 6.07 Å². The lowest BCUT2D eigenvalue weighted by atomic mass is 9.91. The Kier molecular flexibility index (Phi) is 5.46. The number of benzene rings is 2. The van der Waals surface area contributed by atoms with Gasteiger partial charge in [-0.25, -0.2) is 9.18 Å². The van der Waals surface area contributed by atoms with Crippen LogP contribution in [0.4, 0.5) is 14.9 Å². The Hall–Kier alpha value is -2.48. The second-order valence-corrected chi connectivity index (χ2v) is 6.85. The molecule has 6 nitrogen and oxygen atoms in total. The highest BCUT2D eigenvalue weighted by Crippen LogP contribution is 2.30. The van der Waals surface area contributed by atoms with Crippen molar-refractivity contribution in [2.24, 2.45) is 0 Å². The first-order chi connectivity index (χ1) is 12.8. The number of nitrogens with one attached hydrogen (secondary N) is 1. The summed E-state index contributed by atoms with van der Waals surface area (Å²) < 4.78 is 13.4. The molecule has 0 aromatic heterocycles. The highest BCUT2D eigenvalue weighted by Gasteiger charge is 2.52. The average Bonchev–Trinajstić information content (AvgIpc) is 2.91. The molecule has 2 unspecified atom stereocenters. The molecular weight excluding hydrogens is 375 g/mol. The number of ketones is 1. The third kappa shape index (κ3) is 4.10. The zero-order valence-corrected chi connectivity index (χ0v) is 15.0. The molecule has 1 aliphatic heterocycles. The molecule has 3 N–H and O–H groups in total. The number of Topliss-reactive ketones (excluding diaryl/α,β-unsaturated/α-hetero) is 1. The normalized spacial score (nSPS) is 21.9. The molecular formula is C19H18ClFN2O4. The van der Waals surface area contributed by atoms with Crippen molar-refractivity contribution in [2.75, 3.05) is 11.9 Å². The van der Waals surface area contributed by atoms with Gasteiger partial charge in [-0.2, -0.15) is 0 Å². The van der Waals surface area contributed by atoms with Crippen molar-refractivity contribution in [3.05, 3.63) is 64.9 Å². The number of carbonyl (C=O) groups excluding carboxylic acids is 2. The molecule has 0 saturated carbocycles. The molecule has 1 aliphatic rings. The zero-order valence-electron chi connectivity index (χ0n) is 14.2. The number of aliphatic hydroxyl groups is 2. The van der Waals surface area contributed by atoms with Gasteiger partial charge in [0.05, 0.1) is 0 Å². The Balaban J connectivity index is 1.70. The van der Waals surface area contributed by atoms with Gasteiger partial charge in [-0.1, -0.05) is 29.8 Å². The number of halogens is 2. The van der Waals surface area contributed by atoms with Crippen LogP contribution in [-0.4, -0.2) is 45.3 Å². The number of urea groups is 1. The SMILES string of the molecule is O=C(Nc1ccccc1)N1CCC(O)(C(=O)Cc2cc(F)cc(Cl)c2)C1O. The third-order valence-corrected chi connectivity index (χ3v) is 4.73. The smallest absolute Gasteiger partial charge is 0.323 e. The fraction of sp³-hybridized carbons (Fsp3) is 0.263. The van der Waals surface area contributed by atoms with Gasteiger partial charge in [0.15, 0.2) is 17.6 Å². The molecule has 27 heavy (non-hydrogen) atoms. The van der Waals surface area contributed by atoms with E-state index in [0.29, 0.717) is 5.69 Å². The van der Waals surface area contributed by atoms with Crippen LogP contribution >= 0.6 is 11.6 Å². The molecule has 1 saturated heterocycles. The summed E-state index contributed by atoms with van der Waals surface area (Å²) in [5.41, 5.74) is -1.34. The molecule has 0 spiro atoms. The first-order valence-electron chi connectivity index (χ1n) is 8.31. The maximum atomic E-state index is 13.4. The van der Waals surface area contributed by atoms with Gasteiger partial charge < -0.3 is 15.5 Å². The first-order valence-corrected chi connectivity index (χ1v) is 8.69. The lowest BCUT2D eigenvalue weighted by Gasteiger charge is -2.28. The van der Waals surface area contributed by atoms with Gasteiger partial charge in [0.25, 0.3) is 0 Å². The molecule has 2 atom stereocenters. The molecule has 1 fully saturated rings. The quantitative estimate of drug-likeness (QED) is 0.746. The van der Waals surface area contributed by atoms with E-state index < -0.39 is 29.5 Å². The fourth-order valence-corrected chi connectivity index (χ4v) is 3.31. The summed E-state index contributed by atoms with van der Waals surface area (Å²) in [4.78, 5) is 25.9. The number of likely N-dealkylation sites (tertiary alicyclic amines) is 1. The molecule has 3 rings (SSSR count). The van der Waals surface area contributed by atoms with E-state index in [1.807, 2.05) is 0 Å². The van der Waals surface area contributed by atoms with Crippen LogP contribution in [0.2, 0.25) is 5.02 Å². The van der Waals surface area contributed by atoms with Gasteiger partial charge in [0, 0.05) is 30.1 Å². The zero-order chi connectivity index (χ0) is 19.6. The van der Waals surface area contributed by atoms with Crippen molar-refractivity contribution in [1.29, 1.82) is 0 Å². The topological polar surface area (TPSA) is 89.9 Å². The Morgan fingerprint density at radius 2 is 1.96 bits per heavy atom. The van der Waals surface area contributed by atoms with Gasteiger partial charge in [-0.3, -0.25) is 9.69 Å². The van der Waals surface area contributed by atoms with E-state index in [9.17, 15) is 24.2 Å². The van der Waals surface area contributed by atoms with Crippen LogP contribution < -0.4 is 5.32 Å². The van der Waals surface area contributed by atoms with E-state index in [2.05, 4.69) is 5.32 Å². The predicted octanol–water partition coefficient (Wildman–Crippen LogP) is 2.58. The van der Waals surface area contributed by atoms with Crippen LogP contribution in [0.15, 0.2) is 48.5 Å². The number of carbonyl (C=O) groups is 2. The van der Waals surface area contributed by atoms with Gasteiger partial charge in [0.2, 0.25) is 0 Å². The Bertz CT molecular complexity index is 844. The van der Waals surface area contributed by atoms with Gasteiger partial charge >= 0.3 is 6.03 Å². The number of aliphatic hydroxyl groups excluding tert-OH is 1. The summed E-state index contributed by atoms with van der Waals surface area (Å²) in [7, 11) is 0. The summed E-state index contributed by atoms with van der Waals surface area (Å²) in [6, 6.07) is 11.6. The number of nitrogens with zero attached hydrogens (tertiary/aromatic N) is 1. The minimum absolute atomic E-state index is 0.00796. The molecule has 2 aromatic rings. The molecule has 0 radical (unpaired) electrons. The van der Waals surface area contributed by atoms with Crippen molar-refractivity contribution >= 4 is 29.1 Å². The highest BCUT2D eigenvalue weighted by atomic mass is 35.5. The second-order valence-electron chi connectivity index (χ2n) is 6.42. The fourth-order valence-electron chi connectivity index (χ4n) is 3.06. The van der Waals surface area contributed by atoms with Crippen molar-refractivity contribution in [3.8, 4) is 0 Å². The molecule has 2 aromatic carbocycles. The monoisotopic (exact) mass is 392 g/mol. The molecule has 0 aliphatic carbocycles. The van der Waals surface area contributed by atoms with Crippen LogP contribution in [-0.2, 0) is 11.2 Å². The van der Waals surface area contributed by atoms with Gasteiger partial charge in [-0.05, 0) is 35.9 Å². The van der Waals surface area contributed by atoms with E-state index in [1.54, 1.807) is 30.3 Å². The summed E-state index contributed by atoms with van der Waals surface area (Å²) in [6.45, 7) is -0.00796. The number of rotatable bonds is 4. The summed E-state index contributed by atoms with van der Waals surface area (Å²) in [6.07, 6.45) is -2.16. The van der Waals surface area contributed by atoms with E-state index >= 15 is 0 Å². The van der Waals surface area contributed by atoms with Crippen molar-refractivity contribution in [3.63, 3.8) is 0 Å². The number of anilines is 1. The Labute approximate surface area is 160 Å². The Morgan fingerprint density at radius 3 is 2.63 bits per heavy atom. The van der Waals surface area contributed by atoms with Gasteiger partial charge in [-0.15, -0.1) is 0 Å². The first kappa shape index (κ1) is 19.3. The van der Waals surface area contributed by atoms with Crippen molar-refractivity contribution in [1.82, 2.24) is 4.90 Å². The van der Waals surface area contributed by atoms with Gasteiger partial charge in [0.1, 0.15) is 5.82 Å². The number of hydrogen-bond donors (Lipinski definition) is 3. The van der Waals surface area contributed by atoms with Crippen molar-refractivity contribution in [2.45, 2.75) is 24.7 Å². The van der Waals surface area contributed by atoms with Crippen LogP contribution in [0, 0.1) is 5.82 Å². The largest absolute Gasteiger partial charge is 0.377 e. The summed E-state index contributed by atoms with van der Waals surface area (Å²) in [5, 5.41) is 23.8. The van der Waals surface area contributed by atoms with Crippen LogP contribution in [0.3, 0.4) is 0 Å². The third-order valence-electron chi connectivity index (χ3n) is 4.51. The van der Waals surface area contributed by atoms with E-state index in [4.69, 9.17) is 11.6 Å². The van der Waals surface area contributed by atoms with Crippen molar-refractivity contribution < 1.29 is 24.2 Å². The standard InChI is InChI=1S/C19H18ClFN2O4/c20-13-8-12(9-14(21)11-13)10-16(24)19(27)6-7-23(17(19)25)18(26)22-15-4-2-1-3-5-15/h1-5,8-9,11,17,25,27H,6-7,10H2,(H,22,26). The number of amides is 2. The lowest BCUT2D eigenvalue weighted by molar-refractivity contribution is -0.151. The van der Waals surface area contributed by atoms with Crippen LogP contribution in [0.25, 0.3) is 0 Å². The molecule has 0 bridgehead atoms. The van der Waals surface area contributed by atoms with E-state index in [0.717, 1.165) is 17.0 Å². The maximum absolute atomic E-state index is 13.4. The average molecular weight is 393 g/mol. The number of para-hydroxylation sites is 1. The molecule has 142 valence electrons. The predicted molar refractivity (Wildman–Crippen MR) is 97.9 cm³/mol. The van der Waals surface area contributed by atoms with Crippen LogP contribution in [0.1, 0.15) is 12.0 Å². The van der Waals surface area contributed by atoms with Crippen LogP contribution in [0.5, 0.6) is 0 Å². The molecule has 8 heteroatoms. The summed E-state index contributed by atoms with van der Waals surface area (Å²) >= 11 is 5.77. The minimum atomic E-state index is -2.13. The Morgan fingerprint density at radius 1 is 1.26 bits per heavy atom. The number of hydrogen-bond acceptors (Lipinski definition) is 4.